The summed E-state index contributed by atoms with van der Waals surface area (Å²) in [5, 5.41) is 11.4. The average molecular weight is 338 g/mol. The smallest absolute Gasteiger partial charge is 0.225 e. The van der Waals surface area contributed by atoms with Gasteiger partial charge in [0.1, 0.15) is 0 Å². The number of rotatable bonds is 8. The molecule has 0 aliphatic rings. The maximum absolute atomic E-state index is 11.9. The van der Waals surface area contributed by atoms with Crippen LogP contribution in [0.4, 0.5) is 5.69 Å². The third-order valence-electron chi connectivity index (χ3n) is 3.15. The normalized spacial score (nSPS) is 11.5. The number of anilines is 1. The standard InChI is InChI=1S/C15H22N4O3S/c1-18(2)10-11-19(23(3,21)22)9-8-15(20)17-14-6-4-13(12-16)5-7-14/h4-7H,8-11H2,1-3H3,(H,17,20). The number of likely N-dealkylation sites (N-methyl/N-ethyl adjacent to an activating group) is 1. The molecule has 7 nitrogen and oxygen atoms in total. The van der Waals surface area contributed by atoms with Gasteiger partial charge < -0.3 is 10.2 Å². The summed E-state index contributed by atoms with van der Waals surface area (Å²) in [5.74, 6) is -0.270. The second-order valence-corrected chi connectivity index (χ2v) is 7.44. The Hall–Kier alpha value is -1.95. The molecule has 0 atom stereocenters. The van der Waals surface area contributed by atoms with E-state index in [1.807, 2.05) is 25.1 Å². The van der Waals surface area contributed by atoms with E-state index < -0.39 is 10.0 Å². The van der Waals surface area contributed by atoms with Crippen LogP contribution in [0.15, 0.2) is 24.3 Å². The first-order chi connectivity index (χ1) is 10.7. The largest absolute Gasteiger partial charge is 0.326 e. The van der Waals surface area contributed by atoms with E-state index in [0.717, 1.165) is 6.26 Å². The maximum atomic E-state index is 11.9. The zero-order chi connectivity index (χ0) is 17.5. The highest BCUT2D eigenvalue weighted by molar-refractivity contribution is 7.88. The van der Waals surface area contributed by atoms with Gasteiger partial charge in [-0.25, -0.2) is 12.7 Å². The van der Waals surface area contributed by atoms with Gasteiger partial charge in [-0.15, -0.1) is 0 Å². The van der Waals surface area contributed by atoms with Gasteiger partial charge in [-0.1, -0.05) is 0 Å². The molecular formula is C15H22N4O3S. The number of carbonyl (C=O) groups is 1. The molecule has 0 aliphatic heterocycles. The number of nitrogens with one attached hydrogen (secondary N) is 1. The number of nitrogens with zero attached hydrogens (tertiary/aromatic N) is 3. The van der Waals surface area contributed by atoms with Crippen molar-refractivity contribution in [3.05, 3.63) is 29.8 Å². The minimum Gasteiger partial charge on any atom is -0.326 e. The van der Waals surface area contributed by atoms with Crippen LogP contribution in [0.5, 0.6) is 0 Å². The van der Waals surface area contributed by atoms with E-state index >= 15 is 0 Å². The molecule has 0 fully saturated rings. The van der Waals surface area contributed by atoms with Crippen LogP contribution in [0.25, 0.3) is 0 Å². The second kappa shape index (κ2) is 8.62. The molecule has 0 aliphatic carbocycles. The third kappa shape index (κ3) is 7.23. The zero-order valence-electron chi connectivity index (χ0n) is 13.6. The second-order valence-electron chi connectivity index (χ2n) is 5.45. The van der Waals surface area contributed by atoms with Crippen LogP contribution in [-0.4, -0.2) is 63.5 Å². The summed E-state index contributed by atoms with van der Waals surface area (Å²) in [7, 11) is 0.371. The number of hydrogen-bond acceptors (Lipinski definition) is 5. The van der Waals surface area contributed by atoms with E-state index in [1.165, 1.54) is 4.31 Å². The number of hydrogen-bond donors (Lipinski definition) is 1. The molecular weight excluding hydrogens is 316 g/mol. The predicted octanol–water partition coefficient (Wildman–Crippen LogP) is 0.710. The summed E-state index contributed by atoms with van der Waals surface area (Å²) in [6.07, 6.45) is 1.21. The molecule has 1 aromatic carbocycles. The lowest BCUT2D eigenvalue weighted by Crippen LogP contribution is -2.37. The van der Waals surface area contributed by atoms with E-state index in [2.05, 4.69) is 5.32 Å². The van der Waals surface area contributed by atoms with E-state index in [9.17, 15) is 13.2 Å². The molecule has 8 heteroatoms. The maximum Gasteiger partial charge on any atom is 0.225 e. The minimum absolute atomic E-state index is 0.0699. The van der Waals surface area contributed by atoms with Gasteiger partial charge >= 0.3 is 0 Å². The van der Waals surface area contributed by atoms with Crippen LogP contribution in [-0.2, 0) is 14.8 Å². The molecule has 1 rings (SSSR count). The molecule has 23 heavy (non-hydrogen) atoms. The lowest BCUT2D eigenvalue weighted by molar-refractivity contribution is -0.116. The summed E-state index contributed by atoms with van der Waals surface area (Å²) < 4.78 is 24.8. The average Bonchev–Trinajstić information content (AvgIpc) is 2.46. The number of nitriles is 1. The minimum atomic E-state index is -3.35. The van der Waals surface area contributed by atoms with Gasteiger partial charge in [0.2, 0.25) is 15.9 Å². The molecule has 0 aromatic heterocycles. The molecule has 1 amide bonds. The van der Waals surface area contributed by atoms with Gasteiger partial charge in [-0.2, -0.15) is 5.26 Å². The number of benzene rings is 1. The Labute approximate surface area is 137 Å². The van der Waals surface area contributed by atoms with Crippen LogP contribution in [0.3, 0.4) is 0 Å². The SMILES string of the molecule is CN(C)CCN(CCC(=O)Nc1ccc(C#N)cc1)S(C)(=O)=O. The van der Waals surface area contributed by atoms with Gasteiger partial charge in [0.25, 0.3) is 0 Å². The van der Waals surface area contributed by atoms with E-state index in [1.54, 1.807) is 24.3 Å². The molecule has 1 aromatic rings. The van der Waals surface area contributed by atoms with Crippen molar-refractivity contribution in [1.29, 1.82) is 5.26 Å². The summed E-state index contributed by atoms with van der Waals surface area (Å²) in [6.45, 7) is 1.06. The Morgan fingerprint density at radius 2 is 1.78 bits per heavy atom. The van der Waals surface area contributed by atoms with Crippen molar-refractivity contribution in [3.63, 3.8) is 0 Å². The van der Waals surface area contributed by atoms with E-state index in [0.29, 0.717) is 24.3 Å². The quantitative estimate of drug-likeness (QED) is 0.753. The van der Waals surface area contributed by atoms with Gasteiger partial charge in [0.05, 0.1) is 17.9 Å². The van der Waals surface area contributed by atoms with Crippen LogP contribution in [0, 0.1) is 11.3 Å². The molecule has 0 saturated carbocycles. The monoisotopic (exact) mass is 338 g/mol. The number of carbonyl (C=O) groups excluding carboxylic acids is 1. The number of sulfonamides is 1. The van der Waals surface area contributed by atoms with Gasteiger partial charge in [-0.3, -0.25) is 4.79 Å². The third-order valence-corrected chi connectivity index (χ3v) is 4.45. The molecule has 0 bridgehead atoms. The Bertz CT molecular complexity index is 663. The lowest BCUT2D eigenvalue weighted by atomic mass is 10.2. The first kappa shape index (κ1) is 19.1. The van der Waals surface area contributed by atoms with Gasteiger partial charge in [-0.05, 0) is 38.4 Å². The Kier molecular flexibility index (Phi) is 7.16. The molecule has 126 valence electrons. The van der Waals surface area contributed by atoms with Gasteiger partial charge in [0, 0.05) is 31.7 Å². The summed E-state index contributed by atoms with van der Waals surface area (Å²) in [6, 6.07) is 8.48. The molecule has 1 N–H and O–H groups in total. The van der Waals surface area contributed by atoms with Crippen LogP contribution in [0.1, 0.15) is 12.0 Å². The Morgan fingerprint density at radius 3 is 2.26 bits per heavy atom. The first-order valence-corrected chi connectivity index (χ1v) is 8.97. The fourth-order valence-electron chi connectivity index (χ4n) is 1.83. The topological polar surface area (TPSA) is 93.5 Å². The highest BCUT2D eigenvalue weighted by atomic mass is 32.2. The predicted molar refractivity (Wildman–Crippen MR) is 89.4 cm³/mol. The molecule has 0 saturated heterocycles. The van der Waals surface area contributed by atoms with Crippen molar-refractivity contribution in [3.8, 4) is 6.07 Å². The Morgan fingerprint density at radius 1 is 1.17 bits per heavy atom. The summed E-state index contributed by atoms with van der Waals surface area (Å²) in [5.41, 5.74) is 1.09. The lowest BCUT2D eigenvalue weighted by Gasteiger charge is -2.21. The fraction of sp³-hybridized carbons (Fsp3) is 0.467. The van der Waals surface area contributed by atoms with Crippen LogP contribution >= 0.6 is 0 Å². The first-order valence-electron chi connectivity index (χ1n) is 7.12. The van der Waals surface area contributed by atoms with Crippen LogP contribution < -0.4 is 5.32 Å². The molecule has 0 heterocycles. The summed E-state index contributed by atoms with van der Waals surface area (Å²) in [4.78, 5) is 13.8. The highest BCUT2D eigenvalue weighted by Gasteiger charge is 2.17. The fourth-order valence-corrected chi connectivity index (χ4v) is 2.67. The van der Waals surface area contributed by atoms with Crippen molar-refractivity contribution in [2.24, 2.45) is 0 Å². The van der Waals surface area contributed by atoms with Crippen molar-refractivity contribution >= 4 is 21.6 Å². The van der Waals surface area contributed by atoms with Crippen molar-refractivity contribution in [1.82, 2.24) is 9.21 Å². The van der Waals surface area contributed by atoms with E-state index in [-0.39, 0.29) is 18.9 Å². The van der Waals surface area contributed by atoms with E-state index in [4.69, 9.17) is 5.26 Å². The van der Waals surface area contributed by atoms with Crippen LogP contribution in [0.2, 0.25) is 0 Å². The zero-order valence-corrected chi connectivity index (χ0v) is 14.4. The molecule has 0 radical (unpaired) electrons. The van der Waals surface area contributed by atoms with Crippen molar-refractivity contribution < 1.29 is 13.2 Å². The summed E-state index contributed by atoms with van der Waals surface area (Å²) >= 11 is 0. The number of amides is 1. The van der Waals surface area contributed by atoms with Crippen molar-refractivity contribution in [2.45, 2.75) is 6.42 Å². The highest BCUT2D eigenvalue weighted by Crippen LogP contribution is 2.09. The van der Waals surface area contributed by atoms with Crippen molar-refractivity contribution in [2.75, 3.05) is 45.3 Å². The Balaban J connectivity index is 2.55. The van der Waals surface area contributed by atoms with Gasteiger partial charge in [0.15, 0.2) is 0 Å². The molecule has 0 unspecified atom stereocenters. The molecule has 0 spiro atoms.